The predicted octanol–water partition coefficient (Wildman–Crippen LogP) is 3.48. The van der Waals surface area contributed by atoms with Gasteiger partial charge >= 0.3 is 0 Å². The molecule has 1 aliphatic carbocycles. The van der Waals surface area contributed by atoms with E-state index in [4.69, 9.17) is 11.6 Å². The molecule has 1 aliphatic rings. The molecule has 1 saturated carbocycles. The Hall–Kier alpha value is -0.340. The van der Waals surface area contributed by atoms with Crippen molar-refractivity contribution in [2.45, 2.75) is 25.7 Å². The Bertz CT molecular complexity index is 331. The normalized spacial score (nSPS) is 28.3. The van der Waals surface area contributed by atoms with E-state index in [0.717, 1.165) is 17.2 Å². The standard InChI is InChI=1S/C10H11ClOS/c1-6-7(2-3-8(6)12)9-4-5-10(11)13-9/h4-7H,2-3H2,1H3. The fourth-order valence-corrected chi connectivity index (χ4v) is 3.22. The molecule has 0 saturated heterocycles. The van der Waals surface area contributed by atoms with Crippen LogP contribution in [0.25, 0.3) is 0 Å². The molecule has 0 bridgehead atoms. The fraction of sp³-hybridized carbons (Fsp3) is 0.500. The highest BCUT2D eigenvalue weighted by atomic mass is 35.5. The van der Waals surface area contributed by atoms with Gasteiger partial charge < -0.3 is 0 Å². The van der Waals surface area contributed by atoms with Gasteiger partial charge in [-0.05, 0) is 18.6 Å². The van der Waals surface area contributed by atoms with Crippen LogP contribution in [0, 0.1) is 5.92 Å². The molecule has 0 aromatic carbocycles. The van der Waals surface area contributed by atoms with E-state index < -0.39 is 0 Å². The second-order valence-electron chi connectivity index (χ2n) is 3.54. The van der Waals surface area contributed by atoms with Crippen LogP contribution in [0.2, 0.25) is 4.34 Å². The summed E-state index contributed by atoms with van der Waals surface area (Å²) in [5, 5.41) is 0. The monoisotopic (exact) mass is 214 g/mol. The van der Waals surface area contributed by atoms with Gasteiger partial charge in [-0.3, -0.25) is 4.79 Å². The van der Waals surface area contributed by atoms with Gasteiger partial charge in [-0.15, -0.1) is 11.3 Å². The molecule has 0 amide bonds. The first kappa shape index (κ1) is 9.22. The van der Waals surface area contributed by atoms with Crippen molar-refractivity contribution in [3.05, 3.63) is 21.3 Å². The van der Waals surface area contributed by atoms with Gasteiger partial charge in [0.05, 0.1) is 4.34 Å². The summed E-state index contributed by atoms with van der Waals surface area (Å²) in [7, 11) is 0. The molecule has 3 heteroatoms. The van der Waals surface area contributed by atoms with Gasteiger partial charge in [-0.25, -0.2) is 0 Å². The Labute approximate surface area is 86.7 Å². The van der Waals surface area contributed by atoms with Crippen molar-refractivity contribution < 1.29 is 4.79 Å². The van der Waals surface area contributed by atoms with Crippen LogP contribution in [0.3, 0.4) is 0 Å². The van der Waals surface area contributed by atoms with E-state index in [1.807, 2.05) is 19.1 Å². The van der Waals surface area contributed by atoms with Crippen LogP contribution >= 0.6 is 22.9 Å². The Morgan fingerprint density at radius 2 is 2.31 bits per heavy atom. The highest BCUT2D eigenvalue weighted by Crippen LogP contribution is 2.40. The first-order valence-corrected chi connectivity index (χ1v) is 5.66. The van der Waals surface area contributed by atoms with Crippen LogP contribution in [-0.2, 0) is 4.79 Å². The molecule has 1 nitrogen and oxygen atoms in total. The van der Waals surface area contributed by atoms with Crippen LogP contribution in [0.4, 0.5) is 0 Å². The molecule has 2 atom stereocenters. The highest BCUT2D eigenvalue weighted by Gasteiger charge is 2.32. The molecular formula is C10H11ClOS. The smallest absolute Gasteiger partial charge is 0.136 e. The van der Waals surface area contributed by atoms with Crippen molar-refractivity contribution in [2.24, 2.45) is 5.92 Å². The van der Waals surface area contributed by atoms with Gasteiger partial charge in [0.2, 0.25) is 0 Å². The quantitative estimate of drug-likeness (QED) is 0.700. The van der Waals surface area contributed by atoms with Gasteiger partial charge in [-0.1, -0.05) is 18.5 Å². The number of hydrogen-bond donors (Lipinski definition) is 0. The molecule has 1 fully saturated rings. The van der Waals surface area contributed by atoms with Crippen LogP contribution < -0.4 is 0 Å². The van der Waals surface area contributed by atoms with Gasteiger partial charge in [0.25, 0.3) is 0 Å². The lowest BCUT2D eigenvalue weighted by Gasteiger charge is -2.10. The van der Waals surface area contributed by atoms with Crippen molar-refractivity contribution in [1.29, 1.82) is 0 Å². The van der Waals surface area contributed by atoms with Crippen molar-refractivity contribution in [1.82, 2.24) is 0 Å². The maximum absolute atomic E-state index is 11.3. The molecule has 2 rings (SSSR count). The first-order valence-electron chi connectivity index (χ1n) is 4.46. The molecule has 0 spiro atoms. The maximum atomic E-state index is 11.3. The number of carbonyl (C=O) groups is 1. The number of halogens is 1. The molecule has 0 N–H and O–H groups in total. The van der Waals surface area contributed by atoms with E-state index in [9.17, 15) is 4.79 Å². The molecule has 2 unspecified atom stereocenters. The summed E-state index contributed by atoms with van der Waals surface area (Å²) in [6.07, 6.45) is 1.73. The van der Waals surface area contributed by atoms with Gasteiger partial charge in [0, 0.05) is 23.1 Å². The molecule has 1 aromatic rings. The van der Waals surface area contributed by atoms with Crippen LogP contribution in [0.5, 0.6) is 0 Å². The minimum Gasteiger partial charge on any atom is -0.299 e. The topological polar surface area (TPSA) is 17.1 Å². The minimum atomic E-state index is 0.190. The van der Waals surface area contributed by atoms with Crippen LogP contribution in [-0.4, -0.2) is 5.78 Å². The summed E-state index contributed by atoms with van der Waals surface area (Å²) in [6, 6.07) is 3.96. The van der Waals surface area contributed by atoms with Crippen molar-refractivity contribution in [3.8, 4) is 0 Å². The summed E-state index contributed by atoms with van der Waals surface area (Å²) in [5.74, 6) is 1.01. The van der Waals surface area contributed by atoms with Crippen LogP contribution in [0.1, 0.15) is 30.6 Å². The van der Waals surface area contributed by atoms with E-state index in [-0.39, 0.29) is 5.92 Å². The average molecular weight is 215 g/mol. The molecule has 0 radical (unpaired) electrons. The van der Waals surface area contributed by atoms with E-state index in [2.05, 4.69) is 0 Å². The largest absolute Gasteiger partial charge is 0.299 e. The summed E-state index contributed by atoms with van der Waals surface area (Å²) in [5.41, 5.74) is 0. The number of hydrogen-bond acceptors (Lipinski definition) is 2. The van der Waals surface area contributed by atoms with Gasteiger partial charge in [0.1, 0.15) is 5.78 Å². The molecule has 13 heavy (non-hydrogen) atoms. The number of Topliss-reactive ketones (excluding diaryl/α,β-unsaturated/α-hetero) is 1. The summed E-state index contributed by atoms with van der Waals surface area (Å²) in [6.45, 7) is 2.02. The van der Waals surface area contributed by atoms with Crippen LogP contribution in [0.15, 0.2) is 12.1 Å². The first-order chi connectivity index (χ1) is 6.18. The zero-order chi connectivity index (χ0) is 9.42. The zero-order valence-corrected chi connectivity index (χ0v) is 8.99. The molecule has 0 aliphatic heterocycles. The van der Waals surface area contributed by atoms with E-state index in [1.165, 1.54) is 4.88 Å². The van der Waals surface area contributed by atoms with E-state index in [1.54, 1.807) is 11.3 Å². The van der Waals surface area contributed by atoms with E-state index >= 15 is 0 Å². The third kappa shape index (κ3) is 1.65. The summed E-state index contributed by atoms with van der Waals surface area (Å²) < 4.78 is 0.821. The van der Waals surface area contributed by atoms with Crippen molar-refractivity contribution >= 4 is 28.7 Å². The second-order valence-corrected chi connectivity index (χ2v) is 5.29. The predicted molar refractivity (Wildman–Crippen MR) is 55.5 cm³/mol. The zero-order valence-electron chi connectivity index (χ0n) is 7.42. The number of ketones is 1. The number of thiophene rings is 1. The lowest BCUT2D eigenvalue weighted by atomic mass is 9.96. The summed E-state index contributed by atoms with van der Waals surface area (Å²) in [4.78, 5) is 12.6. The fourth-order valence-electron chi connectivity index (χ4n) is 1.92. The van der Waals surface area contributed by atoms with E-state index in [0.29, 0.717) is 11.7 Å². The van der Waals surface area contributed by atoms with Gasteiger partial charge in [0.15, 0.2) is 0 Å². The molecule has 1 aromatic heterocycles. The highest BCUT2D eigenvalue weighted by molar-refractivity contribution is 7.16. The maximum Gasteiger partial charge on any atom is 0.136 e. The Morgan fingerprint density at radius 3 is 2.77 bits per heavy atom. The number of rotatable bonds is 1. The Kier molecular flexibility index (Phi) is 2.43. The lowest BCUT2D eigenvalue weighted by molar-refractivity contribution is -0.120. The Balaban J connectivity index is 2.23. The molecule has 1 heterocycles. The second kappa shape index (κ2) is 3.43. The van der Waals surface area contributed by atoms with Crippen molar-refractivity contribution in [2.75, 3.05) is 0 Å². The average Bonchev–Trinajstić information content (AvgIpc) is 2.62. The lowest BCUT2D eigenvalue weighted by Crippen LogP contribution is -2.07. The minimum absolute atomic E-state index is 0.190. The third-order valence-electron chi connectivity index (χ3n) is 2.77. The number of carbonyl (C=O) groups excluding carboxylic acids is 1. The van der Waals surface area contributed by atoms with Gasteiger partial charge in [-0.2, -0.15) is 0 Å². The molecule has 70 valence electrons. The molecular weight excluding hydrogens is 204 g/mol. The summed E-state index contributed by atoms with van der Waals surface area (Å²) >= 11 is 7.46. The Morgan fingerprint density at radius 1 is 1.54 bits per heavy atom. The van der Waals surface area contributed by atoms with Crippen molar-refractivity contribution in [3.63, 3.8) is 0 Å². The SMILES string of the molecule is CC1C(=O)CCC1c1ccc(Cl)s1. The third-order valence-corrected chi connectivity index (χ3v) is 4.14.